The van der Waals surface area contributed by atoms with E-state index in [0.717, 1.165) is 42.5 Å². The van der Waals surface area contributed by atoms with Gasteiger partial charge in [0.1, 0.15) is 5.82 Å². The highest BCUT2D eigenvalue weighted by atomic mass is 19.1. The molecule has 0 amide bonds. The quantitative estimate of drug-likeness (QED) is 0.461. The van der Waals surface area contributed by atoms with Gasteiger partial charge in [-0.25, -0.2) is 4.39 Å². The Morgan fingerprint density at radius 2 is 1.89 bits per heavy atom. The summed E-state index contributed by atoms with van der Waals surface area (Å²) < 4.78 is 13.0. The molecule has 102 valence electrons. The predicted molar refractivity (Wildman–Crippen MR) is 75.9 cm³/mol. The number of rotatable bonds is 5. The van der Waals surface area contributed by atoms with Crippen molar-refractivity contribution in [3.63, 3.8) is 0 Å². The molecular formula is C16H20FNO. The lowest BCUT2D eigenvalue weighted by molar-refractivity contribution is 0.319. The first kappa shape index (κ1) is 13.8. The molecule has 1 aromatic carbocycles. The third-order valence-corrected chi connectivity index (χ3v) is 3.64. The molecule has 2 nitrogen and oxygen atoms in total. The molecule has 0 saturated heterocycles. The van der Waals surface area contributed by atoms with Gasteiger partial charge in [-0.15, -0.1) is 0 Å². The number of hydrogen-bond donors (Lipinski definition) is 1. The lowest BCUT2D eigenvalue weighted by atomic mass is 9.97. The Morgan fingerprint density at radius 1 is 1.16 bits per heavy atom. The smallest absolute Gasteiger partial charge is 0.123 e. The monoisotopic (exact) mass is 261 g/mol. The second kappa shape index (κ2) is 6.50. The molecule has 0 heterocycles. The lowest BCUT2D eigenvalue weighted by Gasteiger charge is -2.08. The van der Waals surface area contributed by atoms with E-state index in [9.17, 15) is 4.39 Å². The van der Waals surface area contributed by atoms with Gasteiger partial charge in [0.05, 0.1) is 5.71 Å². The van der Waals surface area contributed by atoms with Gasteiger partial charge in [0.2, 0.25) is 0 Å². The Balaban J connectivity index is 2.28. The van der Waals surface area contributed by atoms with Gasteiger partial charge in [-0.05, 0) is 43.4 Å². The fourth-order valence-electron chi connectivity index (χ4n) is 2.65. The molecule has 0 fully saturated rings. The molecule has 0 saturated carbocycles. The van der Waals surface area contributed by atoms with Crippen LogP contribution in [0.4, 0.5) is 4.39 Å². The standard InChI is InChI=1S/C16H20FNO/c1-2-3-4-5-12-8-11-15(18-19)16(12)13-6-9-14(17)10-7-13/h6-7,9-10,19H,2-5,8,11H2,1H3/b18-15+. The number of halogens is 1. The molecule has 1 aliphatic carbocycles. The average Bonchev–Trinajstić information content (AvgIpc) is 2.83. The Labute approximate surface area is 113 Å². The largest absolute Gasteiger partial charge is 0.411 e. The first-order valence-electron chi connectivity index (χ1n) is 6.95. The minimum Gasteiger partial charge on any atom is -0.411 e. The van der Waals surface area contributed by atoms with Crippen LogP contribution in [-0.4, -0.2) is 10.9 Å². The molecule has 0 bridgehead atoms. The summed E-state index contributed by atoms with van der Waals surface area (Å²) in [4.78, 5) is 0. The number of oxime groups is 1. The molecule has 1 aromatic rings. The number of nitrogens with zero attached hydrogens (tertiary/aromatic N) is 1. The van der Waals surface area contributed by atoms with E-state index in [1.54, 1.807) is 12.1 Å². The molecule has 0 radical (unpaired) electrons. The van der Waals surface area contributed by atoms with Crippen LogP contribution >= 0.6 is 0 Å². The van der Waals surface area contributed by atoms with E-state index in [-0.39, 0.29) is 5.82 Å². The maximum atomic E-state index is 13.0. The molecular weight excluding hydrogens is 241 g/mol. The third-order valence-electron chi connectivity index (χ3n) is 3.64. The Morgan fingerprint density at radius 3 is 2.53 bits per heavy atom. The first-order valence-corrected chi connectivity index (χ1v) is 6.95. The minimum atomic E-state index is -0.239. The molecule has 0 aliphatic heterocycles. The summed E-state index contributed by atoms with van der Waals surface area (Å²) in [7, 11) is 0. The highest BCUT2D eigenvalue weighted by molar-refractivity contribution is 6.26. The molecule has 1 aliphatic rings. The van der Waals surface area contributed by atoms with Crippen molar-refractivity contribution in [1.82, 2.24) is 0 Å². The van der Waals surface area contributed by atoms with Crippen molar-refractivity contribution in [3.8, 4) is 0 Å². The molecule has 0 aromatic heterocycles. The zero-order chi connectivity index (χ0) is 13.7. The van der Waals surface area contributed by atoms with E-state index in [2.05, 4.69) is 12.1 Å². The molecule has 0 atom stereocenters. The van der Waals surface area contributed by atoms with Crippen LogP contribution in [0.15, 0.2) is 35.0 Å². The predicted octanol–water partition coefficient (Wildman–Crippen LogP) is 4.78. The van der Waals surface area contributed by atoms with E-state index in [0.29, 0.717) is 0 Å². The SMILES string of the molecule is CCCCCC1=C(c2ccc(F)cc2)/C(=N/O)CC1. The van der Waals surface area contributed by atoms with Gasteiger partial charge in [0, 0.05) is 5.57 Å². The first-order chi connectivity index (χ1) is 9.26. The third kappa shape index (κ3) is 3.22. The van der Waals surface area contributed by atoms with Crippen LogP contribution < -0.4 is 0 Å². The van der Waals surface area contributed by atoms with Crippen molar-refractivity contribution in [2.24, 2.45) is 5.16 Å². The lowest BCUT2D eigenvalue weighted by Crippen LogP contribution is -1.97. The van der Waals surface area contributed by atoms with Gasteiger partial charge >= 0.3 is 0 Å². The number of hydrogen-bond acceptors (Lipinski definition) is 2. The normalized spacial score (nSPS) is 17.5. The topological polar surface area (TPSA) is 32.6 Å². The van der Waals surface area contributed by atoms with Crippen LogP contribution in [0, 0.1) is 5.82 Å². The summed E-state index contributed by atoms with van der Waals surface area (Å²) in [5.74, 6) is -0.239. The van der Waals surface area contributed by atoms with Crippen LogP contribution in [0.2, 0.25) is 0 Å². The Kier molecular flexibility index (Phi) is 4.72. The maximum absolute atomic E-state index is 13.0. The molecule has 0 spiro atoms. The number of allylic oxidation sites excluding steroid dienone is 2. The molecule has 19 heavy (non-hydrogen) atoms. The van der Waals surface area contributed by atoms with Crippen molar-refractivity contribution in [2.75, 3.05) is 0 Å². The van der Waals surface area contributed by atoms with Crippen molar-refractivity contribution >= 4 is 11.3 Å². The van der Waals surface area contributed by atoms with Crippen molar-refractivity contribution < 1.29 is 9.60 Å². The summed E-state index contributed by atoms with van der Waals surface area (Å²) in [5, 5.41) is 12.5. The summed E-state index contributed by atoms with van der Waals surface area (Å²) >= 11 is 0. The number of benzene rings is 1. The highest BCUT2D eigenvalue weighted by Gasteiger charge is 2.22. The van der Waals surface area contributed by atoms with Gasteiger partial charge in [-0.3, -0.25) is 0 Å². The van der Waals surface area contributed by atoms with Gasteiger partial charge < -0.3 is 5.21 Å². The minimum absolute atomic E-state index is 0.239. The van der Waals surface area contributed by atoms with Crippen molar-refractivity contribution in [2.45, 2.75) is 45.4 Å². The summed E-state index contributed by atoms with van der Waals surface area (Å²) in [6, 6.07) is 6.45. The van der Waals surface area contributed by atoms with Crippen LogP contribution in [0.1, 0.15) is 51.0 Å². The maximum Gasteiger partial charge on any atom is 0.123 e. The van der Waals surface area contributed by atoms with Crippen molar-refractivity contribution in [1.29, 1.82) is 0 Å². The van der Waals surface area contributed by atoms with Gasteiger partial charge in [-0.1, -0.05) is 42.6 Å². The Hall–Kier alpha value is -1.64. The Bertz CT molecular complexity index is 488. The van der Waals surface area contributed by atoms with E-state index in [1.807, 2.05) is 0 Å². The van der Waals surface area contributed by atoms with Crippen LogP contribution in [0.5, 0.6) is 0 Å². The zero-order valence-electron chi connectivity index (χ0n) is 11.3. The molecule has 0 unspecified atom stereocenters. The average molecular weight is 261 g/mol. The molecule has 3 heteroatoms. The summed E-state index contributed by atoms with van der Waals surface area (Å²) in [6.07, 6.45) is 6.35. The fourth-order valence-corrected chi connectivity index (χ4v) is 2.65. The van der Waals surface area contributed by atoms with Crippen molar-refractivity contribution in [3.05, 3.63) is 41.2 Å². The second-order valence-corrected chi connectivity index (χ2v) is 4.99. The van der Waals surface area contributed by atoms with E-state index in [1.165, 1.54) is 30.5 Å². The summed E-state index contributed by atoms with van der Waals surface area (Å²) in [5.41, 5.74) is 4.06. The molecule has 2 rings (SSSR count). The number of unbranched alkanes of at least 4 members (excludes halogenated alkanes) is 2. The van der Waals surface area contributed by atoms with E-state index < -0.39 is 0 Å². The van der Waals surface area contributed by atoms with Gasteiger partial charge in [-0.2, -0.15) is 0 Å². The second-order valence-electron chi connectivity index (χ2n) is 4.99. The molecule has 1 N–H and O–H groups in total. The van der Waals surface area contributed by atoms with Gasteiger partial charge in [0.25, 0.3) is 0 Å². The van der Waals surface area contributed by atoms with Crippen LogP contribution in [0.25, 0.3) is 5.57 Å². The fraction of sp³-hybridized carbons (Fsp3) is 0.438. The van der Waals surface area contributed by atoms with E-state index >= 15 is 0 Å². The zero-order valence-corrected chi connectivity index (χ0v) is 11.3. The van der Waals surface area contributed by atoms with E-state index in [4.69, 9.17) is 5.21 Å². The van der Waals surface area contributed by atoms with Crippen LogP contribution in [-0.2, 0) is 0 Å². The summed E-state index contributed by atoms with van der Waals surface area (Å²) in [6.45, 7) is 2.19. The van der Waals surface area contributed by atoms with Gasteiger partial charge in [0.15, 0.2) is 0 Å². The van der Waals surface area contributed by atoms with Crippen LogP contribution in [0.3, 0.4) is 0 Å². The highest BCUT2D eigenvalue weighted by Crippen LogP contribution is 2.34.